The molecule has 0 aromatic heterocycles. The van der Waals surface area contributed by atoms with Crippen molar-refractivity contribution in [2.45, 2.75) is 25.3 Å². The number of Topliss-reactive ketones (excluding diaryl/α,β-unsaturated/α-hetero) is 1. The topological polar surface area (TPSA) is 35.5 Å². The first-order chi connectivity index (χ1) is 8.95. The summed E-state index contributed by atoms with van der Waals surface area (Å²) in [6.07, 6.45) is -4.93. The molecule has 1 saturated heterocycles. The van der Waals surface area contributed by atoms with Crippen molar-refractivity contribution >= 4 is 5.78 Å². The lowest BCUT2D eigenvalue weighted by Gasteiger charge is -2.10. The van der Waals surface area contributed by atoms with Gasteiger partial charge in [-0.1, -0.05) is 18.2 Å². The first-order valence-corrected chi connectivity index (χ1v) is 5.86. The first kappa shape index (κ1) is 14.0. The zero-order chi connectivity index (χ0) is 13.9. The lowest BCUT2D eigenvalue weighted by molar-refractivity contribution is -0.137. The highest BCUT2D eigenvalue weighted by Gasteiger charge is 2.30. The van der Waals surface area contributed by atoms with Crippen LogP contribution in [0.4, 0.5) is 13.2 Å². The highest BCUT2D eigenvalue weighted by atomic mass is 19.4. The van der Waals surface area contributed by atoms with Gasteiger partial charge in [-0.3, -0.25) is 4.79 Å². The van der Waals surface area contributed by atoms with Crippen LogP contribution in [-0.2, 0) is 26.9 Å². The zero-order valence-corrected chi connectivity index (χ0v) is 10.1. The minimum atomic E-state index is -4.39. The normalized spacial score (nSPS) is 16.8. The summed E-state index contributed by atoms with van der Waals surface area (Å²) in [5.74, 6) is -0.203. The van der Waals surface area contributed by atoms with E-state index in [0.29, 0.717) is 18.8 Å². The minimum Gasteiger partial charge on any atom is -0.350 e. The molecule has 0 amide bonds. The van der Waals surface area contributed by atoms with E-state index >= 15 is 0 Å². The Kier molecular flexibility index (Phi) is 4.21. The number of ether oxygens (including phenoxy) is 2. The fraction of sp³-hybridized carbons (Fsp3) is 0.462. The summed E-state index contributed by atoms with van der Waals surface area (Å²) in [7, 11) is 0. The van der Waals surface area contributed by atoms with E-state index in [1.165, 1.54) is 12.1 Å². The van der Waals surface area contributed by atoms with E-state index in [1.807, 2.05) is 0 Å². The lowest BCUT2D eigenvalue weighted by Crippen LogP contribution is -2.16. The Morgan fingerprint density at radius 1 is 1.26 bits per heavy atom. The van der Waals surface area contributed by atoms with Crippen molar-refractivity contribution in [1.82, 2.24) is 0 Å². The van der Waals surface area contributed by atoms with Crippen molar-refractivity contribution in [2.24, 2.45) is 0 Å². The van der Waals surface area contributed by atoms with Crippen molar-refractivity contribution in [3.05, 3.63) is 35.4 Å². The molecule has 0 unspecified atom stereocenters. The molecule has 0 radical (unpaired) electrons. The van der Waals surface area contributed by atoms with Gasteiger partial charge in [0.1, 0.15) is 5.78 Å². The van der Waals surface area contributed by atoms with Gasteiger partial charge in [0.2, 0.25) is 0 Å². The Morgan fingerprint density at radius 3 is 2.58 bits per heavy atom. The van der Waals surface area contributed by atoms with Gasteiger partial charge in [-0.2, -0.15) is 13.2 Å². The van der Waals surface area contributed by atoms with E-state index in [1.54, 1.807) is 0 Å². The standard InChI is InChI=1S/C13H13F3O3/c14-13(15,16)10-3-1-2-9(6-10)7-11(17)8-12-18-4-5-19-12/h1-3,6,12H,4-5,7-8H2. The molecule has 0 saturated carbocycles. The largest absolute Gasteiger partial charge is 0.416 e. The van der Waals surface area contributed by atoms with Gasteiger partial charge in [0, 0.05) is 6.42 Å². The second-order valence-corrected chi connectivity index (χ2v) is 4.29. The molecular formula is C13H13F3O3. The van der Waals surface area contributed by atoms with Gasteiger partial charge in [-0.25, -0.2) is 0 Å². The van der Waals surface area contributed by atoms with E-state index < -0.39 is 18.0 Å². The van der Waals surface area contributed by atoms with E-state index in [9.17, 15) is 18.0 Å². The maximum Gasteiger partial charge on any atom is 0.416 e. The summed E-state index contributed by atoms with van der Waals surface area (Å²) in [5, 5.41) is 0. The molecule has 3 nitrogen and oxygen atoms in total. The van der Waals surface area contributed by atoms with E-state index in [-0.39, 0.29) is 18.6 Å². The third kappa shape index (κ3) is 4.04. The Morgan fingerprint density at radius 2 is 1.95 bits per heavy atom. The van der Waals surface area contributed by atoms with Gasteiger partial charge >= 0.3 is 6.18 Å². The van der Waals surface area contributed by atoms with Gasteiger partial charge in [-0.05, 0) is 11.6 Å². The van der Waals surface area contributed by atoms with Crippen LogP contribution in [0.25, 0.3) is 0 Å². The molecule has 6 heteroatoms. The summed E-state index contributed by atoms with van der Waals surface area (Å²) >= 11 is 0. The maximum atomic E-state index is 12.5. The minimum absolute atomic E-state index is 0.0485. The number of benzene rings is 1. The monoisotopic (exact) mass is 274 g/mol. The number of rotatable bonds is 4. The van der Waals surface area contributed by atoms with Crippen molar-refractivity contribution in [3.8, 4) is 0 Å². The Hall–Kier alpha value is -1.40. The summed E-state index contributed by atoms with van der Waals surface area (Å²) < 4.78 is 47.8. The van der Waals surface area contributed by atoms with E-state index in [2.05, 4.69) is 0 Å². The molecule has 0 aliphatic carbocycles. The van der Waals surface area contributed by atoms with Crippen molar-refractivity contribution in [1.29, 1.82) is 0 Å². The van der Waals surface area contributed by atoms with Crippen LogP contribution >= 0.6 is 0 Å². The SMILES string of the molecule is O=C(Cc1cccc(C(F)(F)F)c1)CC1OCCO1. The molecule has 19 heavy (non-hydrogen) atoms. The molecule has 1 aliphatic rings. The van der Waals surface area contributed by atoms with E-state index in [0.717, 1.165) is 12.1 Å². The number of carbonyl (C=O) groups excluding carboxylic acids is 1. The molecule has 0 atom stereocenters. The molecule has 0 N–H and O–H groups in total. The van der Waals surface area contributed by atoms with Crippen LogP contribution in [0.15, 0.2) is 24.3 Å². The third-order valence-electron chi connectivity index (χ3n) is 2.74. The predicted octanol–water partition coefficient (Wildman–Crippen LogP) is 2.58. The number of carbonyl (C=O) groups is 1. The van der Waals surface area contributed by atoms with Crippen LogP contribution in [0.5, 0.6) is 0 Å². The molecule has 1 aliphatic heterocycles. The number of ketones is 1. The Bertz CT molecular complexity index is 451. The van der Waals surface area contributed by atoms with Crippen LogP contribution in [0, 0.1) is 0 Å². The average Bonchev–Trinajstić information content (AvgIpc) is 2.80. The molecular weight excluding hydrogens is 261 g/mol. The van der Waals surface area contributed by atoms with E-state index in [4.69, 9.17) is 9.47 Å². The van der Waals surface area contributed by atoms with Crippen LogP contribution in [0.1, 0.15) is 17.5 Å². The number of halogens is 3. The van der Waals surface area contributed by atoms with Crippen molar-refractivity contribution < 1.29 is 27.4 Å². The fourth-order valence-electron chi connectivity index (χ4n) is 1.87. The summed E-state index contributed by atoms with van der Waals surface area (Å²) in [5.41, 5.74) is -0.399. The first-order valence-electron chi connectivity index (χ1n) is 5.86. The predicted molar refractivity (Wildman–Crippen MR) is 60.5 cm³/mol. The molecule has 1 aromatic carbocycles. The highest BCUT2D eigenvalue weighted by Crippen LogP contribution is 2.29. The smallest absolute Gasteiger partial charge is 0.350 e. The summed E-state index contributed by atoms with van der Waals surface area (Å²) in [6, 6.07) is 4.78. The van der Waals surface area contributed by atoms with Gasteiger partial charge < -0.3 is 9.47 Å². The van der Waals surface area contributed by atoms with Crippen LogP contribution in [0.2, 0.25) is 0 Å². The second-order valence-electron chi connectivity index (χ2n) is 4.29. The van der Waals surface area contributed by atoms with Gasteiger partial charge in [0.15, 0.2) is 6.29 Å². The molecule has 104 valence electrons. The Labute approximate surface area is 108 Å². The molecule has 2 rings (SSSR count). The fourth-order valence-corrected chi connectivity index (χ4v) is 1.87. The lowest BCUT2D eigenvalue weighted by atomic mass is 10.0. The quantitative estimate of drug-likeness (QED) is 0.846. The molecule has 1 heterocycles. The maximum absolute atomic E-state index is 12.5. The van der Waals surface area contributed by atoms with Gasteiger partial charge in [-0.15, -0.1) is 0 Å². The molecule has 1 aromatic rings. The van der Waals surface area contributed by atoms with Crippen molar-refractivity contribution in [3.63, 3.8) is 0 Å². The van der Waals surface area contributed by atoms with Crippen LogP contribution in [0.3, 0.4) is 0 Å². The Balaban J connectivity index is 1.96. The number of hydrogen-bond acceptors (Lipinski definition) is 3. The van der Waals surface area contributed by atoms with Crippen LogP contribution in [-0.4, -0.2) is 25.3 Å². The number of hydrogen-bond donors (Lipinski definition) is 0. The van der Waals surface area contributed by atoms with Gasteiger partial charge in [0.05, 0.1) is 25.2 Å². The summed E-state index contributed by atoms with van der Waals surface area (Å²) in [6.45, 7) is 0.892. The average molecular weight is 274 g/mol. The molecule has 1 fully saturated rings. The third-order valence-corrected chi connectivity index (χ3v) is 2.74. The van der Waals surface area contributed by atoms with Gasteiger partial charge in [0.25, 0.3) is 0 Å². The van der Waals surface area contributed by atoms with Crippen molar-refractivity contribution in [2.75, 3.05) is 13.2 Å². The zero-order valence-electron chi connectivity index (χ0n) is 10.1. The molecule has 0 bridgehead atoms. The highest BCUT2D eigenvalue weighted by molar-refractivity contribution is 5.81. The summed E-state index contributed by atoms with van der Waals surface area (Å²) in [4.78, 5) is 11.7. The second kappa shape index (κ2) is 5.71. The van der Waals surface area contributed by atoms with Crippen LogP contribution < -0.4 is 0 Å². The molecule has 0 spiro atoms. The number of alkyl halides is 3.